The van der Waals surface area contributed by atoms with Crippen LogP contribution < -0.4 is 11.1 Å². The number of anilines is 1. The summed E-state index contributed by atoms with van der Waals surface area (Å²) in [4.78, 5) is 27.1. The van der Waals surface area contributed by atoms with Crippen LogP contribution in [0.25, 0.3) is 0 Å². The molecule has 0 fully saturated rings. The Kier molecular flexibility index (Phi) is 4.56. The maximum Gasteiger partial charge on any atom is 0.337 e. The van der Waals surface area contributed by atoms with Gasteiger partial charge in [0.05, 0.1) is 17.6 Å². The molecule has 0 spiro atoms. The van der Waals surface area contributed by atoms with E-state index in [1.54, 1.807) is 4.57 Å². The first-order valence-corrected chi connectivity index (χ1v) is 6.45. The number of nitrogens with one attached hydrogen (secondary N) is 1. The zero-order valence-electron chi connectivity index (χ0n) is 10.9. The number of carbonyl (C=O) groups is 2. The van der Waals surface area contributed by atoms with Crippen LogP contribution in [0.15, 0.2) is 30.7 Å². The van der Waals surface area contributed by atoms with E-state index in [9.17, 15) is 9.59 Å². The Balaban J connectivity index is 2.22. The molecule has 2 rings (SSSR count). The molecule has 0 radical (unpaired) electrons. The molecule has 0 aliphatic rings. The number of carbonyl (C=O) groups excluding carboxylic acids is 1. The minimum absolute atomic E-state index is 0.0471. The first-order chi connectivity index (χ1) is 10.0. The fraction of sp³-hybridized carbons (Fsp3) is 0.154. The van der Waals surface area contributed by atoms with Crippen molar-refractivity contribution in [3.05, 3.63) is 47.0 Å². The largest absolute Gasteiger partial charge is 0.478 e. The van der Waals surface area contributed by atoms with Gasteiger partial charge in [0.2, 0.25) is 0 Å². The molecule has 0 atom stereocenters. The molecule has 0 aliphatic carbocycles. The highest BCUT2D eigenvalue weighted by Gasteiger charge is 2.15. The molecule has 4 N–H and O–H groups in total. The normalized spacial score (nSPS) is 10.4. The summed E-state index contributed by atoms with van der Waals surface area (Å²) in [6, 6.07) is 4.14. The van der Waals surface area contributed by atoms with Gasteiger partial charge in [0.25, 0.3) is 5.91 Å². The Morgan fingerprint density at radius 3 is 2.86 bits per heavy atom. The number of hydrogen-bond acceptors (Lipinski definition) is 4. The highest BCUT2D eigenvalue weighted by atomic mass is 35.5. The molecule has 7 nitrogen and oxygen atoms in total. The molecule has 1 aromatic heterocycles. The summed E-state index contributed by atoms with van der Waals surface area (Å²) in [6.07, 6.45) is 3.02. The number of aromatic carboxylic acids is 1. The lowest BCUT2D eigenvalue weighted by atomic mass is 10.1. The first-order valence-electron chi connectivity index (χ1n) is 6.07. The topological polar surface area (TPSA) is 110 Å². The zero-order chi connectivity index (χ0) is 15.4. The molecule has 0 saturated carbocycles. The second-order valence-corrected chi connectivity index (χ2v) is 4.67. The van der Waals surface area contributed by atoms with Crippen LogP contribution in [-0.4, -0.2) is 33.1 Å². The van der Waals surface area contributed by atoms with Gasteiger partial charge in [-0.3, -0.25) is 4.79 Å². The molecule has 1 aromatic carbocycles. The van der Waals surface area contributed by atoms with E-state index >= 15 is 0 Å². The van der Waals surface area contributed by atoms with Crippen LogP contribution in [0.2, 0.25) is 5.02 Å². The average Bonchev–Trinajstić information content (AvgIpc) is 2.87. The van der Waals surface area contributed by atoms with Crippen LogP contribution in [0, 0.1) is 0 Å². The van der Waals surface area contributed by atoms with Crippen LogP contribution in [0.3, 0.4) is 0 Å². The van der Waals surface area contributed by atoms with Crippen LogP contribution in [-0.2, 0) is 6.54 Å². The lowest BCUT2D eigenvalue weighted by Crippen LogP contribution is -2.15. The van der Waals surface area contributed by atoms with E-state index in [1.165, 1.54) is 30.7 Å². The first kappa shape index (κ1) is 15.0. The van der Waals surface area contributed by atoms with Gasteiger partial charge in [-0.05, 0) is 18.2 Å². The Morgan fingerprint density at radius 1 is 1.43 bits per heavy atom. The lowest BCUT2D eigenvalue weighted by Gasteiger charge is -2.07. The number of halogens is 1. The van der Waals surface area contributed by atoms with Gasteiger partial charge >= 0.3 is 5.97 Å². The van der Waals surface area contributed by atoms with Gasteiger partial charge < -0.3 is 20.7 Å². The third-order valence-corrected chi connectivity index (χ3v) is 2.95. The van der Waals surface area contributed by atoms with Crippen molar-refractivity contribution in [3.63, 3.8) is 0 Å². The smallest absolute Gasteiger partial charge is 0.337 e. The summed E-state index contributed by atoms with van der Waals surface area (Å²) >= 11 is 5.82. The third kappa shape index (κ3) is 3.59. The quantitative estimate of drug-likeness (QED) is 0.774. The van der Waals surface area contributed by atoms with Gasteiger partial charge in [0.1, 0.15) is 5.69 Å². The van der Waals surface area contributed by atoms with Crippen molar-refractivity contribution in [3.8, 4) is 0 Å². The highest BCUT2D eigenvalue weighted by molar-refractivity contribution is 6.31. The standard InChI is InChI=1S/C13H13ClN4O3/c14-8-1-2-9(13(20)21)10(5-8)17-12(19)11-6-18(4-3-15)7-16-11/h1-2,5-7H,3-4,15H2,(H,17,19)(H,20,21). The van der Waals surface area contributed by atoms with Crippen LogP contribution in [0.5, 0.6) is 0 Å². The summed E-state index contributed by atoms with van der Waals surface area (Å²) in [5, 5.41) is 11.9. The van der Waals surface area contributed by atoms with Gasteiger partial charge in [-0.25, -0.2) is 9.78 Å². The van der Waals surface area contributed by atoms with E-state index in [1.807, 2.05) is 0 Å². The molecule has 0 aliphatic heterocycles. The molecule has 2 aromatic rings. The number of nitrogens with two attached hydrogens (primary N) is 1. The predicted octanol–water partition coefficient (Wildman–Crippen LogP) is 1.45. The van der Waals surface area contributed by atoms with E-state index in [4.69, 9.17) is 22.4 Å². The summed E-state index contributed by atoms with van der Waals surface area (Å²) < 4.78 is 1.67. The number of benzene rings is 1. The molecular formula is C13H13ClN4O3. The molecule has 0 bridgehead atoms. The van der Waals surface area contributed by atoms with Crippen molar-refractivity contribution in [2.45, 2.75) is 6.54 Å². The van der Waals surface area contributed by atoms with Crippen molar-refractivity contribution in [1.82, 2.24) is 9.55 Å². The fourth-order valence-electron chi connectivity index (χ4n) is 1.74. The van der Waals surface area contributed by atoms with Crippen LogP contribution in [0.4, 0.5) is 5.69 Å². The summed E-state index contributed by atoms with van der Waals surface area (Å²) in [5.41, 5.74) is 5.65. The number of aromatic nitrogens is 2. The Hall–Kier alpha value is -2.38. The molecule has 1 heterocycles. The van der Waals surface area contributed by atoms with Gasteiger partial charge in [-0.2, -0.15) is 0 Å². The summed E-state index contributed by atoms with van der Waals surface area (Å²) in [7, 11) is 0. The molecule has 110 valence electrons. The Bertz CT molecular complexity index is 684. The zero-order valence-corrected chi connectivity index (χ0v) is 11.7. The predicted molar refractivity (Wildman–Crippen MR) is 77.6 cm³/mol. The Labute approximate surface area is 125 Å². The second kappa shape index (κ2) is 6.38. The van der Waals surface area contributed by atoms with Crippen LogP contribution >= 0.6 is 11.6 Å². The molecular weight excluding hydrogens is 296 g/mol. The minimum atomic E-state index is -1.16. The van der Waals surface area contributed by atoms with E-state index < -0.39 is 11.9 Å². The highest BCUT2D eigenvalue weighted by Crippen LogP contribution is 2.21. The summed E-state index contributed by atoms with van der Waals surface area (Å²) in [5.74, 6) is -1.67. The SMILES string of the molecule is NCCn1cnc(C(=O)Nc2cc(Cl)ccc2C(=O)O)c1. The number of amides is 1. The number of hydrogen-bond donors (Lipinski definition) is 3. The van der Waals surface area contributed by atoms with Gasteiger partial charge in [0, 0.05) is 24.3 Å². The van der Waals surface area contributed by atoms with Gasteiger partial charge in [-0.1, -0.05) is 11.6 Å². The van der Waals surface area contributed by atoms with Crippen LogP contribution in [0.1, 0.15) is 20.8 Å². The van der Waals surface area contributed by atoms with Crippen molar-refractivity contribution in [2.75, 3.05) is 11.9 Å². The van der Waals surface area contributed by atoms with E-state index in [0.29, 0.717) is 18.1 Å². The Morgan fingerprint density at radius 2 is 2.19 bits per heavy atom. The van der Waals surface area contributed by atoms with Gasteiger partial charge in [-0.15, -0.1) is 0 Å². The number of imidazole rings is 1. The molecule has 21 heavy (non-hydrogen) atoms. The van der Waals surface area contributed by atoms with E-state index in [0.717, 1.165) is 0 Å². The van der Waals surface area contributed by atoms with Crippen molar-refractivity contribution >= 4 is 29.2 Å². The molecule has 0 unspecified atom stereocenters. The maximum absolute atomic E-state index is 12.1. The molecule has 8 heteroatoms. The maximum atomic E-state index is 12.1. The number of carboxylic acid groups (broad SMARTS) is 1. The second-order valence-electron chi connectivity index (χ2n) is 4.23. The van der Waals surface area contributed by atoms with Crippen molar-refractivity contribution < 1.29 is 14.7 Å². The van der Waals surface area contributed by atoms with Gasteiger partial charge in [0.15, 0.2) is 0 Å². The lowest BCUT2D eigenvalue weighted by molar-refractivity contribution is 0.0698. The van der Waals surface area contributed by atoms with E-state index in [2.05, 4.69) is 10.3 Å². The fourth-order valence-corrected chi connectivity index (χ4v) is 1.91. The van der Waals surface area contributed by atoms with Crippen molar-refractivity contribution in [1.29, 1.82) is 0 Å². The summed E-state index contributed by atoms with van der Waals surface area (Å²) in [6.45, 7) is 0.965. The molecule has 0 saturated heterocycles. The average molecular weight is 309 g/mol. The minimum Gasteiger partial charge on any atom is -0.478 e. The number of rotatable bonds is 5. The van der Waals surface area contributed by atoms with Crippen molar-refractivity contribution in [2.24, 2.45) is 5.73 Å². The monoisotopic (exact) mass is 308 g/mol. The number of nitrogens with zero attached hydrogens (tertiary/aromatic N) is 2. The number of carboxylic acids is 1. The van der Waals surface area contributed by atoms with E-state index in [-0.39, 0.29) is 16.9 Å². The molecule has 1 amide bonds. The third-order valence-electron chi connectivity index (χ3n) is 2.71.